The summed E-state index contributed by atoms with van der Waals surface area (Å²) in [5.41, 5.74) is 2.48. The van der Waals surface area contributed by atoms with Crippen molar-refractivity contribution in [1.82, 2.24) is 4.90 Å². The number of nitrogens with zero attached hydrogens (tertiary/aromatic N) is 1. The number of benzene rings is 2. The molecule has 0 unspecified atom stereocenters. The van der Waals surface area contributed by atoms with Crippen molar-refractivity contribution in [1.29, 1.82) is 0 Å². The predicted octanol–water partition coefficient (Wildman–Crippen LogP) is 4.42. The largest absolute Gasteiger partial charge is 0.465 e. The third-order valence-electron chi connectivity index (χ3n) is 6.02. The molecule has 0 saturated carbocycles. The van der Waals surface area contributed by atoms with Crippen molar-refractivity contribution in [2.24, 2.45) is 0 Å². The van der Waals surface area contributed by atoms with Gasteiger partial charge in [0.1, 0.15) is 10.8 Å². The number of thiophene rings is 1. The van der Waals surface area contributed by atoms with E-state index in [0.717, 1.165) is 35.7 Å². The summed E-state index contributed by atoms with van der Waals surface area (Å²) in [7, 11) is -2.32. The van der Waals surface area contributed by atoms with Crippen molar-refractivity contribution in [3.8, 4) is 0 Å². The van der Waals surface area contributed by atoms with Crippen LogP contribution in [0, 0.1) is 5.82 Å². The Morgan fingerprint density at radius 2 is 1.83 bits per heavy atom. The lowest BCUT2D eigenvalue weighted by atomic mass is 10.0. The number of sulfone groups is 1. The zero-order valence-corrected chi connectivity index (χ0v) is 21.5. The van der Waals surface area contributed by atoms with E-state index in [-0.39, 0.29) is 29.4 Å². The van der Waals surface area contributed by atoms with Crippen LogP contribution in [-0.2, 0) is 38.9 Å². The summed E-state index contributed by atoms with van der Waals surface area (Å²) in [5, 5.41) is 3.23. The first-order chi connectivity index (χ1) is 17.3. The van der Waals surface area contributed by atoms with Gasteiger partial charge >= 0.3 is 5.97 Å². The fourth-order valence-electron chi connectivity index (χ4n) is 4.21. The standard InChI is InChI=1S/C26H27FN2O5S2/c1-34-26(31)24-21-13-14-29(16-18-6-3-2-4-7-18)17-22(21)35-25(24)28-23(30)8-5-15-36(32,33)20-11-9-19(27)10-12-20/h2-4,6-7,9-12H,5,8,13-17H2,1H3,(H,28,30). The topological polar surface area (TPSA) is 92.8 Å². The number of halogens is 1. The maximum Gasteiger partial charge on any atom is 0.341 e. The van der Waals surface area contributed by atoms with Crippen molar-refractivity contribution in [2.75, 3.05) is 24.7 Å². The minimum Gasteiger partial charge on any atom is -0.465 e. The number of carbonyl (C=O) groups is 2. The van der Waals surface area contributed by atoms with Crippen molar-refractivity contribution in [3.05, 3.63) is 82.0 Å². The van der Waals surface area contributed by atoms with Gasteiger partial charge in [-0.25, -0.2) is 17.6 Å². The summed E-state index contributed by atoms with van der Waals surface area (Å²) < 4.78 is 42.9. The van der Waals surface area contributed by atoms with Gasteiger partial charge < -0.3 is 10.1 Å². The first kappa shape index (κ1) is 26.0. The van der Waals surface area contributed by atoms with E-state index in [4.69, 9.17) is 4.74 Å². The number of carbonyl (C=O) groups excluding carboxylic acids is 2. The zero-order chi connectivity index (χ0) is 25.7. The average molecular weight is 531 g/mol. The van der Waals surface area contributed by atoms with Gasteiger partial charge in [-0.1, -0.05) is 30.3 Å². The summed E-state index contributed by atoms with van der Waals surface area (Å²) in [6.45, 7) is 2.22. The van der Waals surface area contributed by atoms with Crippen LogP contribution in [0.1, 0.15) is 39.2 Å². The van der Waals surface area contributed by atoms with Crippen LogP contribution in [0.25, 0.3) is 0 Å². The normalized spacial score (nSPS) is 13.7. The molecule has 0 aliphatic carbocycles. The molecule has 0 atom stereocenters. The van der Waals surface area contributed by atoms with Crippen LogP contribution in [0.15, 0.2) is 59.5 Å². The van der Waals surface area contributed by atoms with Gasteiger partial charge in [0.2, 0.25) is 5.91 Å². The second kappa shape index (κ2) is 11.3. The molecule has 1 amide bonds. The van der Waals surface area contributed by atoms with Crippen LogP contribution in [0.2, 0.25) is 0 Å². The lowest BCUT2D eigenvalue weighted by Crippen LogP contribution is -2.29. The molecule has 0 radical (unpaired) electrons. The Morgan fingerprint density at radius 3 is 2.53 bits per heavy atom. The van der Waals surface area contributed by atoms with Gasteiger partial charge in [-0.05, 0) is 48.2 Å². The zero-order valence-electron chi connectivity index (χ0n) is 19.8. The molecule has 1 aromatic heterocycles. The minimum atomic E-state index is -3.63. The molecule has 10 heteroatoms. The lowest BCUT2D eigenvalue weighted by Gasteiger charge is -2.27. The second-order valence-corrected chi connectivity index (χ2v) is 11.8. The van der Waals surface area contributed by atoms with Gasteiger partial charge in [0.15, 0.2) is 9.84 Å². The number of hydrogen-bond acceptors (Lipinski definition) is 7. The number of esters is 1. The molecule has 2 aromatic carbocycles. The molecule has 0 saturated heterocycles. The molecule has 7 nitrogen and oxygen atoms in total. The van der Waals surface area contributed by atoms with Gasteiger partial charge in [0.05, 0.1) is 23.3 Å². The fourth-order valence-corrected chi connectivity index (χ4v) is 6.82. The quantitative estimate of drug-likeness (QED) is 0.325. The number of nitrogens with one attached hydrogen (secondary N) is 1. The third-order valence-corrected chi connectivity index (χ3v) is 8.97. The van der Waals surface area contributed by atoms with E-state index in [9.17, 15) is 22.4 Å². The molecule has 0 spiro atoms. The molecular weight excluding hydrogens is 503 g/mol. The molecule has 1 aliphatic heterocycles. The summed E-state index contributed by atoms with van der Waals surface area (Å²) >= 11 is 1.36. The van der Waals surface area contributed by atoms with Crippen LogP contribution < -0.4 is 5.32 Å². The van der Waals surface area contributed by atoms with Crippen LogP contribution in [0.5, 0.6) is 0 Å². The molecule has 2 heterocycles. The van der Waals surface area contributed by atoms with E-state index in [1.54, 1.807) is 0 Å². The van der Waals surface area contributed by atoms with E-state index >= 15 is 0 Å². The Morgan fingerprint density at radius 1 is 1.11 bits per heavy atom. The monoisotopic (exact) mass is 530 g/mol. The first-order valence-electron chi connectivity index (χ1n) is 11.5. The highest BCUT2D eigenvalue weighted by Gasteiger charge is 2.29. The molecule has 3 aromatic rings. The van der Waals surface area contributed by atoms with Gasteiger partial charge in [-0.2, -0.15) is 0 Å². The average Bonchev–Trinajstić information content (AvgIpc) is 3.21. The molecule has 4 rings (SSSR count). The van der Waals surface area contributed by atoms with Crippen molar-refractivity contribution in [2.45, 2.75) is 37.2 Å². The van der Waals surface area contributed by atoms with Crippen LogP contribution in [0.3, 0.4) is 0 Å². The number of amides is 1. The molecule has 190 valence electrons. The Kier molecular flexibility index (Phi) is 8.17. The maximum atomic E-state index is 13.1. The van der Waals surface area contributed by atoms with Crippen molar-refractivity contribution >= 4 is 38.1 Å². The van der Waals surface area contributed by atoms with E-state index in [0.29, 0.717) is 23.5 Å². The number of ether oxygens (including phenoxy) is 1. The molecule has 1 aliphatic rings. The predicted molar refractivity (Wildman–Crippen MR) is 136 cm³/mol. The number of fused-ring (bicyclic) bond motifs is 1. The third kappa shape index (κ3) is 6.18. The van der Waals surface area contributed by atoms with E-state index in [2.05, 4.69) is 22.3 Å². The van der Waals surface area contributed by atoms with Gasteiger partial charge in [-0.3, -0.25) is 9.69 Å². The Hall–Kier alpha value is -3.08. The minimum absolute atomic E-state index is 0.0169. The second-order valence-electron chi connectivity index (χ2n) is 8.57. The Balaban J connectivity index is 1.41. The molecule has 36 heavy (non-hydrogen) atoms. The van der Waals surface area contributed by atoms with E-state index in [1.807, 2.05) is 18.2 Å². The summed E-state index contributed by atoms with van der Waals surface area (Å²) in [6.07, 6.45) is 0.716. The smallest absolute Gasteiger partial charge is 0.341 e. The summed E-state index contributed by atoms with van der Waals surface area (Å²) in [5.74, 6) is -1.64. The maximum absolute atomic E-state index is 13.1. The first-order valence-corrected chi connectivity index (χ1v) is 14.0. The van der Waals surface area contributed by atoms with Crippen molar-refractivity contribution in [3.63, 3.8) is 0 Å². The lowest BCUT2D eigenvalue weighted by molar-refractivity contribution is -0.116. The molecule has 0 fully saturated rings. The van der Waals surface area contributed by atoms with E-state index < -0.39 is 21.6 Å². The highest BCUT2D eigenvalue weighted by molar-refractivity contribution is 7.91. The van der Waals surface area contributed by atoms with Gasteiger partial charge in [0.25, 0.3) is 0 Å². The number of hydrogen-bond donors (Lipinski definition) is 1. The van der Waals surface area contributed by atoms with Crippen LogP contribution >= 0.6 is 11.3 Å². The Bertz CT molecular complexity index is 1340. The van der Waals surface area contributed by atoms with E-state index in [1.165, 1.54) is 36.1 Å². The fraction of sp³-hybridized carbons (Fsp3) is 0.308. The summed E-state index contributed by atoms with van der Waals surface area (Å²) in [4.78, 5) is 28.5. The van der Waals surface area contributed by atoms with Crippen LogP contribution in [0.4, 0.5) is 9.39 Å². The van der Waals surface area contributed by atoms with Crippen molar-refractivity contribution < 1.29 is 27.1 Å². The number of rotatable bonds is 9. The summed E-state index contributed by atoms with van der Waals surface area (Å²) in [6, 6.07) is 14.7. The number of methoxy groups -OCH3 is 1. The SMILES string of the molecule is COC(=O)c1c(NC(=O)CCCS(=O)(=O)c2ccc(F)cc2)sc2c1CCN(Cc1ccccc1)C2. The Labute approximate surface area is 213 Å². The number of anilines is 1. The van der Waals surface area contributed by atoms with Crippen LogP contribution in [-0.4, -0.2) is 44.6 Å². The van der Waals surface area contributed by atoms with Gasteiger partial charge in [0, 0.05) is 30.9 Å². The molecule has 0 bridgehead atoms. The molecule has 1 N–H and O–H groups in total. The van der Waals surface area contributed by atoms with Gasteiger partial charge in [-0.15, -0.1) is 11.3 Å². The molecular formula is C26H27FN2O5S2. The highest BCUT2D eigenvalue weighted by atomic mass is 32.2. The highest BCUT2D eigenvalue weighted by Crippen LogP contribution is 2.38.